The van der Waals surface area contributed by atoms with E-state index in [9.17, 15) is 4.79 Å². The van der Waals surface area contributed by atoms with Crippen LogP contribution in [0.15, 0.2) is 48.5 Å². The number of carbonyl (C=O) groups is 1. The summed E-state index contributed by atoms with van der Waals surface area (Å²) < 4.78 is 6.14. The molecular formula is C16H16IN3O2S. The molecule has 0 aliphatic rings. The van der Waals surface area contributed by atoms with Crippen LogP contribution < -0.4 is 20.9 Å². The predicted octanol–water partition coefficient (Wildman–Crippen LogP) is 2.61. The molecule has 23 heavy (non-hydrogen) atoms. The molecule has 120 valence electrons. The summed E-state index contributed by atoms with van der Waals surface area (Å²) in [5.41, 5.74) is 6.83. The Kier molecular flexibility index (Phi) is 6.60. The number of halogens is 1. The lowest BCUT2D eigenvalue weighted by Gasteiger charge is -2.12. The molecule has 0 aliphatic heterocycles. The maximum atomic E-state index is 12.1. The fraction of sp³-hybridized carbons (Fsp3) is 0.125. The van der Waals surface area contributed by atoms with Crippen LogP contribution in [0.4, 0.5) is 0 Å². The molecule has 0 aromatic heterocycles. The van der Waals surface area contributed by atoms with Crippen molar-refractivity contribution >= 4 is 45.8 Å². The molecule has 0 atom stereocenters. The number of nitrogens with one attached hydrogen (secondary N) is 3. The highest BCUT2D eigenvalue weighted by Gasteiger charge is 2.09. The first-order valence-corrected chi connectivity index (χ1v) is 8.30. The molecule has 0 spiro atoms. The van der Waals surface area contributed by atoms with E-state index in [4.69, 9.17) is 17.0 Å². The van der Waals surface area contributed by atoms with Crippen molar-refractivity contribution in [2.75, 3.05) is 7.11 Å². The SMILES string of the molecule is COc1cc(C(=O)NNC(=S)NCc2ccccc2)ccc1I. The van der Waals surface area contributed by atoms with E-state index in [2.05, 4.69) is 38.8 Å². The van der Waals surface area contributed by atoms with Gasteiger partial charge in [0.25, 0.3) is 5.91 Å². The van der Waals surface area contributed by atoms with E-state index in [1.54, 1.807) is 19.2 Å². The van der Waals surface area contributed by atoms with Gasteiger partial charge in [-0.05, 0) is 58.6 Å². The highest BCUT2D eigenvalue weighted by atomic mass is 127. The van der Waals surface area contributed by atoms with Crippen LogP contribution in [0.5, 0.6) is 5.75 Å². The van der Waals surface area contributed by atoms with Crippen molar-refractivity contribution in [3.63, 3.8) is 0 Å². The number of hydrazine groups is 1. The summed E-state index contributed by atoms with van der Waals surface area (Å²) in [6, 6.07) is 15.1. The normalized spacial score (nSPS) is 9.83. The first kappa shape index (κ1) is 17.5. The van der Waals surface area contributed by atoms with Crippen molar-refractivity contribution < 1.29 is 9.53 Å². The molecule has 1 amide bonds. The second-order valence-corrected chi connectivity index (χ2v) is 6.17. The summed E-state index contributed by atoms with van der Waals surface area (Å²) in [4.78, 5) is 12.1. The Morgan fingerprint density at radius 1 is 1.17 bits per heavy atom. The topological polar surface area (TPSA) is 62.4 Å². The molecule has 0 saturated heterocycles. The highest BCUT2D eigenvalue weighted by Crippen LogP contribution is 2.21. The maximum absolute atomic E-state index is 12.1. The van der Waals surface area contributed by atoms with Gasteiger partial charge in [0.1, 0.15) is 5.75 Å². The number of hydrogen-bond acceptors (Lipinski definition) is 3. The largest absolute Gasteiger partial charge is 0.496 e. The number of carbonyl (C=O) groups excluding carboxylic acids is 1. The summed E-state index contributed by atoms with van der Waals surface area (Å²) >= 11 is 7.27. The minimum Gasteiger partial charge on any atom is -0.496 e. The number of rotatable bonds is 4. The van der Waals surface area contributed by atoms with Gasteiger partial charge < -0.3 is 10.1 Å². The van der Waals surface area contributed by atoms with Crippen molar-refractivity contribution in [3.05, 3.63) is 63.2 Å². The van der Waals surface area contributed by atoms with Crippen LogP contribution in [0.1, 0.15) is 15.9 Å². The van der Waals surface area contributed by atoms with Gasteiger partial charge in [0.15, 0.2) is 5.11 Å². The Balaban J connectivity index is 1.83. The van der Waals surface area contributed by atoms with Crippen molar-refractivity contribution in [3.8, 4) is 5.75 Å². The zero-order chi connectivity index (χ0) is 16.7. The van der Waals surface area contributed by atoms with Crippen molar-refractivity contribution in [2.24, 2.45) is 0 Å². The van der Waals surface area contributed by atoms with E-state index in [0.29, 0.717) is 23.0 Å². The Labute approximate surface area is 153 Å². The molecule has 2 aromatic carbocycles. The van der Waals surface area contributed by atoms with E-state index in [1.165, 1.54) is 0 Å². The van der Waals surface area contributed by atoms with Gasteiger partial charge in [0, 0.05) is 12.1 Å². The Hall–Kier alpha value is -1.87. The van der Waals surface area contributed by atoms with Crippen LogP contribution in [-0.2, 0) is 6.54 Å². The van der Waals surface area contributed by atoms with E-state index in [1.807, 2.05) is 36.4 Å². The monoisotopic (exact) mass is 441 g/mol. The third-order valence-electron chi connectivity index (χ3n) is 3.00. The molecule has 2 rings (SSSR count). The highest BCUT2D eigenvalue weighted by molar-refractivity contribution is 14.1. The van der Waals surface area contributed by atoms with E-state index >= 15 is 0 Å². The van der Waals surface area contributed by atoms with Crippen LogP contribution in [0, 0.1) is 3.57 Å². The lowest BCUT2D eigenvalue weighted by molar-refractivity contribution is 0.0943. The predicted molar refractivity (Wildman–Crippen MR) is 102 cm³/mol. The third kappa shape index (κ3) is 5.36. The zero-order valence-electron chi connectivity index (χ0n) is 12.4. The van der Waals surface area contributed by atoms with E-state index in [0.717, 1.165) is 9.13 Å². The second-order valence-electron chi connectivity index (χ2n) is 4.60. The van der Waals surface area contributed by atoms with Gasteiger partial charge in [-0.3, -0.25) is 15.6 Å². The van der Waals surface area contributed by atoms with E-state index in [-0.39, 0.29) is 5.91 Å². The average molecular weight is 441 g/mol. The standard InChI is InChI=1S/C16H16IN3O2S/c1-22-14-9-12(7-8-13(14)17)15(21)19-20-16(23)18-10-11-5-3-2-4-6-11/h2-9H,10H2,1H3,(H,19,21)(H2,18,20,23). The molecule has 0 fully saturated rings. The molecule has 3 N–H and O–H groups in total. The van der Waals surface area contributed by atoms with Gasteiger partial charge in [-0.1, -0.05) is 30.3 Å². The van der Waals surface area contributed by atoms with Gasteiger partial charge in [-0.25, -0.2) is 0 Å². The van der Waals surface area contributed by atoms with Gasteiger partial charge >= 0.3 is 0 Å². The van der Waals surface area contributed by atoms with E-state index < -0.39 is 0 Å². The molecule has 5 nitrogen and oxygen atoms in total. The van der Waals surface area contributed by atoms with Crippen LogP contribution >= 0.6 is 34.8 Å². The van der Waals surface area contributed by atoms with Crippen LogP contribution in [0.25, 0.3) is 0 Å². The van der Waals surface area contributed by atoms with Gasteiger partial charge in [0.05, 0.1) is 10.7 Å². The Morgan fingerprint density at radius 2 is 1.91 bits per heavy atom. The van der Waals surface area contributed by atoms with Crippen molar-refractivity contribution in [2.45, 2.75) is 6.54 Å². The number of thiocarbonyl (C=S) groups is 1. The van der Waals surface area contributed by atoms with Crippen molar-refractivity contribution in [1.82, 2.24) is 16.2 Å². The summed E-state index contributed by atoms with van der Waals surface area (Å²) in [5, 5.41) is 3.36. The van der Waals surface area contributed by atoms with Crippen LogP contribution in [-0.4, -0.2) is 18.1 Å². The molecule has 0 aliphatic carbocycles. The molecule has 0 radical (unpaired) electrons. The first-order chi connectivity index (χ1) is 11.1. The van der Waals surface area contributed by atoms with Crippen LogP contribution in [0.3, 0.4) is 0 Å². The number of methoxy groups -OCH3 is 1. The Morgan fingerprint density at radius 3 is 2.61 bits per heavy atom. The van der Waals surface area contributed by atoms with Gasteiger partial charge in [0.2, 0.25) is 0 Å². The molecular weight excluding hydrogens is 425 g/mol. The van der Waals surface area contributed by atoms with Crippen molar-refractivity contribution in [1.29, 1.82) is 0 Å². The molecule has 2 aromatic rings. The lowest BCUT2D eigenvalue weighted by atomic mass is 10.2. The van der Waals surface area contributed by atoms with Gasteiger partial charge in [-0.2, -0.15) is 0 Å². The third-order valence-corrected chi connectivity index (χ3v) is 4.14. The number of ether oxygens (including phenoxy) is 1. The zero-order valence-corrected chi connectivity index (χ0v) is 15.4. The molecule has 0 saturated carbocycles. The first-order valence-electron chi connectivity index (χ1n) is 6.82. The van der Waals surface area contributed by atoms with Gasteiger partial charge in [-0.15, -0.1) is 0 Å². The summed E-state index contributed by atoms with van der Waals surface area (Å²) in [5.74, 6) is 0.367. The van der Waals surface area contributed by atoms with Crippen LogP contribution in [0.2, 0.25) is 0 Å². The fourth-order valence-corrected chi connectivity index (χ4v) is 2.49. The minimum absolute atomic E-state index is 0.288. The number of benzene rings is 2. The summed E-state index contributed by atoms with van der Waals surface area (Å²) in [7, 11) is 1.57. The number of hydrogen-bond donors (Lipinski definition) is 3. The fourth-order valence-electron chi connectivity index (χ4n) is 1.81. The summed E-state index contributed by atoms with van der Waals surface area (Å²) in [6.45, 7) is 0.583. The molecule has 0 heterocycles. The minimum atomic E-state index is -0.288. The quantitative estimate of drug-likeness (QED) is 0.387. The molecule has 7 heteroatoms. The summed E-state index contributed by atoms with van der Waals surface area (Å²) in [6.07, 6.45) is 0. The average Bonchev–Trinajstić information content (AvgIpc) is 2.59. The molecule has 0 unspecified atom stereocenters. The Bertz CT molecular complexity index is 695. The molecule has 0 bridgehead atoms. The smallest absolute Gasteiger partial charge is 0.269 e. The number of amides is 1. The lowest BCUT2D eigenvalue weighted by Crippen LogP contribution is -2.46. The maximum Gasteiger partial charge on any atom is 0.269 e. The second kappa shape index (κ2) is 8.68.